The van der Waals surface area contributed by atoms with Crippen LogP contribution in [-0.4, -0.2) is 237 Å². The molecule has 6 atom stereocenters. The lowest BCUT2D eigenvalue weighted by atomic mass is 10.4. The van der Waals surface area contributed by atoms with E-state index in [0.717, 1.165) is 0 Å². The first-order valence-corrected chi connectivity index (χ1v) is 22.2. The number of amides is 6. The van der Waals surface area contributed by atoms with Gasteiger partial charge in [-0.05, 0) is 41.5 Å². The molecule has 30 heteroatoms. The molecule has 0 bridgehead atoms. The molecule has 30 nitrogen and oxygen atoms in total. The Bertz CT molecular complexity index is 1380. The molecule has 1 rings (SSSR count). The highest BCUT2D eigenvalue weighted by atomic mass is 16.6. The molecule has 0 saturated heterocycles. The van der Waals surface area contributed by atoms with E-state index in [9.17, 15) is 59.4 Å². The van der Waals surface area contributed by atoms with Gasteiger partial charge in [-0.3, -0.25) is 0 Å². The molecule has 0 aromatic carbocycles. The van der Waals surface area contributed by atoms with E-state index in [1.807, 2.05) is 0 Å². The molecule has 6 unspecified atom stereocenters. The Morgan fingerprint density at radius 2 is 0.493 bits per heavy atom. The maximum absolute atomic E-state index is 12.5. The number of alkyl carbamates (subject to hydrolysis) is 6. The van der Waals surface area contributed by atoms with E-state index in [4.69, 9.17) is 43.4 Å². The molecule has 69 heavy (non-hydrogen) atoms. The molecule has 0 radical (unpaired) electrons. The van der Waals surface area contributed by atoms with Gasteiger partial charge in [-0.2, -0.15) is 15.0 Å². The van der Waals surface area contributed by atoms with Gasteiger partial charge in [-0.15, -0.1) is 0 Å². The van der Waals surface area contributed by atoms with Crippen molar-refractivity contribution >= 4 is 54.4 Å². The zero-order valence-corrected chi connectivity index (χ0v) is 40.0. The van der Waals surface area contributed by atoms with Gasteiger partial charge in [0.05, 0.1) is 36.6 Å². The van der Waals surface area contributed by atoms with Crippen molar-refractivity contribution in [1.29, 1.82) is 0 Å². The molecule has 12 N–H and O–H groups in total. The summed E-state index contributed by atoms with van der Waals surface area (Å²) in [6, 6.07) is 0. The number of rotatable bonds is 33. The fraction of sp³-hybridized carbons (Fsp3) is 0.769. The summed E-state index contributed by atoms with van der Waals surface area (Å²) in [5, 5.41) is 72.7. The molecule has 1 aromatic heterocycles. The third kappa shape index (κ3) is 31.5. The molecule has 6 amide bonds. The van der Waals surface area contributed by atoms with Crippen LogP contribution in [0.4, 0.5) is 46.6 Å². The van der Waals surface area contributed by atoms with Gasteiger partial charge in [0.15, 0.2) is 0 Å². The largest absolute Gasteiger partial charge is 0.447 e. The van der Waals surface area contributed by atoms with Crippen molar-refractivity contribution in [2.75, 3.05) is 133 Å². The lowest BCUT2D eigenvalue weighted by Gasteiger charge is -2.29. The van der Waals surface area contributed by atoms with Gasteiger partial charge in [-0.1, -0.05) is 0 Å². The van der Waals surface area contributed by atoms with Gasteiger partial charge < -0.3 is 106 Å². The van der Waals surface area contributed by atoms with Crippen molar-refractivity contribution in [2.24, 2.45) is 0 Å². The van der Waals surface area contributed by atoms with E-state index in [0.29, 0.717) is 0 Å². The number of nitrogens with one attached hydrogen (secondary N) is 6. The zero-order valence-electron chi connectivity index (χ0n) is 40.0. The highest BCUT2D eigenvalue weighted by molar-refractivity contribution is 5.69. The third-order valence-corrected chi connectivity index (χ3v) is 8.09. The van der Waals surface area contributed by atoms with Crippen LogP contribution in [0.2, 0.25) is 0 Å². The van der Waals surface area contributed by atoms with Crippen molar-refractivity contribution in [3.63, 3.8) is 0 Å². The molecule has 0 spiro atoms. The number of carbonyl (C=O) groups excluding carboxylic acids is 6. The van der Waals surface area contributed by atoms with Crippen LogP contribution < -0.4 is 46.6 Å². The Labute approximate surface area is 399 Å². The second kappa shape index (κ2) is 35.0. The Morgan fingerprint density at radius 1 is 0.348 bits per heavy atom. The number of carbonyl (C=O) groups is 6. The first kappa shape index (κ1) is 60.8. The third-order valence-electron chi connectivity index (χ3n) is 8.09. The lowest BCUT2D eigenvalue weighted by molar-refractivity contribution is 0.0779. The summed E-state index contributed by atoms with van der Waals surface area (Å²) >= 11 is 0. The summed E-state index contributed by atoms with van der Waals surface area (Å²) < 4.78 is 30.0. The smallest absolute Gasteiger partial charge is 0.407 e. The summed E-state index contributed by atoms with van der Waals surface area (Å²) in [6.07, 6.45) is -10.8. The van der Waals surface area contributed by atoms with Gasteiger partial charge >= 0.3 is 36.6 Å². The number of aliphatic hydroxyl groups excluding tert-OH is 6. The highest BCUT2D eigenvalue weighted by Crippen LogP contribution is 2.19. The molecule has 1 heterocycles. The summed E-state index contributed by atoms with van der Waals surface area (Å²) in [7, 11) is 0. The fourth-order valence-corrected chi connectivity index (χ4v) is 4.94. The highest BCUT2D eigenvalue weighted by Gasteiger charge is 2.23. The maximum atomic E-state index is 12.5. The van der Waals surface area contributed by atoms with Crippen molar-refractivity contribution in [3.8, 4) is 0 Å². The number of aromatic nitrogens is 3. The minimum Gasteiger partial charge on any atom is -0.447 e. The average molecular weight is 997 g/mol. The molecule has 1 aromatic rings. The van der Waals surface area contributed by atoms with E-state index >= 15 is 0 Å². The number of hydrogen-bond donors (Lipinski definition) is 12. The fourth-order valence-electron chi connectivity index (χ4n) is 4.94. The van der Waals surface area contributed by atoms with Crippen molar-refractivity contribution in [2.45, 2.75) is 78.2 Å². The van der Waals surface area contributed by atoms with Crippen LogP contribution in [0, 0.1) is 0 Å². The summed E-state index contributed by atoms with van der Waals surface area (Å²) in [6.45, 7) is 5.81. The van der Waals surface area contributed by atoms with Crippen LogP contribution in [-0.2, 0) is 28.4 Å². The van der Waals surface area contributed by atoms with Crippen molar-refractivity contribution in [1.82, 2.24) is 46.9 Å². The number of hydrogen-bond acceptors (Lipinski definition) is 24. The topological polar surface area (TPSA) is 400 Å². The SMILES string of the molecule is CC(O)COC(=O)NCCN(CCNC(=O)OCC(C)O)c1nc(N(CCNC(=O)OCC(C)O)CCNC(=O)OCC(C)O)nc(N(CCNC(=O)OCC(C)O)CCNC(=O)OCC(C)O)n1. The quantitative estimate of drug-likeness (QED) is 0.0311. The lowest BCUT2D eigenvalue weighted by Crippen LogP contribution is -2.44. The van der Waals surface area contributed by atoms with E-state index in [2.05, 4.69) is 31.9 Å². The summed E-state index contributed by atoms with van der Waals surface area (Å²) in [5.41, 5.74) is 0. The van der Waals surface area contributed by atoms with Gasteiger partial charge in [-0.25, -0.2) is 28.8 Å². The molecule has 0 saturated carbocycles. The number of anilines is 3. The first-order chi connectivity index (χ1) is 32.6. The molecule has 0 aliphatic heterocycles. The van der Waals surface area contributed by atoms with Crippen LogP contribution in [0.25, 0.3) is 0 Å². The Hall–Kier alpha value is -6.21. The molecule has 396 valence electrons. The standard InChI is InChI=1S/C39H72N12O18/c1-25(52)19-64-34(58)40-7-13-49(14-8-41-35(59)65-20-26(2)53)31-46-32(50(15-9-42-36(60)66-21-27(3)54)16-10-43-37(61)67-22-28(4)55)48-33(47-31)51(17-11-44-38(62)68-23-29(5)56)18-12-45-39(63)69-24-30(6)57/h25-30,52-57H,7-24H2,1-6H3,(H,40,58)(H,41,59)(H,42,60)(H,43,61)(H,44,62)(H,45,63). The maximum Gasteiger partial charge on any atom is 0.407 e. The van der Waals surface area contributed by atoms with Crippen LogP contribution in [0.1, 0.15) is 41.5 Å². The van der Waals surface area contributed by atoms with E-state index in [-0.39, 0.29) is 136 Å². The number of ether oxygens (including phenoxy) is 6. The Kier molecular flexibility index (Phi) is 30.8. The van der Waals surface area contributed by atoms with Gasteiger partial charge in [0.2, 0.25) is 17.8 Å². The Balaban J connectivity index is 3.90. The van der Waals surface area contributed by atoms with Crippen LogP contribution >= 0.6 is 0 Å². The first-order valence-electron chi connectivity index (χ1n) is 22.2. The van der Waals surface area contributed by atoms with Crippen LogP contribution in [0.15, 0.2) is 0 Å². The predicted molar refractivity (Wildman–Crippen MR) is 243 cm³/mol. The van der Waals surface area contributed by atoms with Crippen molar-refractivity contribution < 1.29 is 87.8 Å². The second-order valence-electron chi connectivity index (χ2n) is 15.4. The van der Waals surface area contributed by atoms with E-state index < -0.39 is 73.2 Å². The molecular formula is C39H72N12O18. The molecular weight excluding hydrogens is 924 g/mol. The Morgan fingerprint density at radius 3 is 0.623 bits per heavy atom. The van der Waals surface area contributed by atoms with Crippen LogP contribution in [0.3, 0.4) is 0 Å². The summed E-state index contributed by atoms with van der Waals surface area (Å²) in [4.78, 5) is 93.5. The van der Waals surface area contributed by atoms with Gasteiger partial charge in [0.25, 0.3) is 0 Å². The minimum atomic E-state index is -0.940. The average Bonchev–Trinajstić information content (AvgIpc) is 3.28. The molecule has 0 aliphatic carbocycles. The number of aliphatic hydroxyl groups is 6. The van der Waals surface area contributed by atoms with Gasteiger partial charge in [0, 0.05) is 78.5 Å². The second-order valence-corrected chi connectivity index (χ2v) is 15.4. The van der Waals surface area contributed by atoms with Crippen molar-refractivity contribution in [3.05, 3.63) is 0 Å². The van der Waals surface area contributed by atoms with E-state index in [1.54, 1.807) is 0 Å². The van der Waals surface area contributed by atoms with Gasteiger partial charge in [0.1, 0.15) is 39.6 Å². The normalized spacial score (nSPS) is 13.4. The van der Waals surface area contributed by atoms with Crippen LogP contribution in [0.5, 0.6) is 0 Å². The monoisotopic (exact) mass is 997 g/mol. The minimum absolute atomic E-state index is 0.0578. The number of nitrogens with zero attached hydrogens (tertiary/aromatic N) is 6. The van der Waals surface area contributed by atoms with E-state index in [1.165, 1.54) is 56.2 Å². The molecule has 0 aliphatic rings. The predicted octanol–water partition coefficient (Wildman–Crippen LogP) is -3.07. The summed E-state index contributed by atoms with van der Waals surface area (Å²) in [5.74, 6) is -0.235. The zero-order chi connectivity index (χ0) is 51.7. The molecule has 0 fully saturated rings.